The van der Waals surface area contributed by atoms with Gasteiger partial charge >= 0.3 is 0 Å². The summed E-state index contributed by atoms with van der Waals surface area (Å²) in [6.07, 6.45) is -1.65. The lowest BCUT2D eigenvalue weighted by Gasteiger charge is -2.27. The lowest BCUT2D eigenvalue weighted by molar-refractivity contribution is -0.137. The van der Waals surface area contributed by atoms with E-state index in [1.54, 1.807) is 6.92 Å². The summed E-state index contributed by atoms with van der Waals surface area (Å²) in [7, 11) is 0. The molecule has 0 aliphatic heterocycles. The van der Waals surface area contributed by atoms with Crippen molar-refractivity contribution in [1.29, 1.82) is 0 Å². The molecular weight excluding hydrogens is 339 g/mol. The summed E-state index contributed by atoms with van der Waals surface area (Å²) in [6.45, 7) is 4.23. The van der Waals surface area contributed by atoms with Crippen LogP contribution in [-0.4, -0.2) is 41.2 Å². The van der Waals surface area contributed by atoms with Crippen molar-refractivity contribution in [3.8, 4) is 0 Å². The molecule has 0 spiro atoms. The molecule has 0 aliphatic rings. The fraction of sp³-hybridized carbons (Fsp3) is 0.529. The maximum Gasteiger partial charge on any atom is 0.249 e. The highest BCUT2D eigenvalue weighted by molar-refractivity contribution is 5.96. The Morgan fingerprint density at radius 1 is 1.16 bits per heavy atom. The molecule has 140 valence electrons. The predicted octanol–water partition coefficient (Wildman–Crippen LogP) is 1.81. The van der Waals surface area contributed by atoms with Gasteiger partial charge in [0.2, 0.25) is 5.91 Å². The quantitative estimate of drug-likeness (QED) is 0.487. The summed E-state index contributed by atoms with van der Waals surface area (Å²) >= 11 is 0. The zero-order valence-corrected chi connectivity index (χ0v) is 14.3. The highest BCUT2D eigenvalue weighted by Crippen LogP contribution is 2.20. The molecule has 0 aliphatic carbocycles. The predicted molar refractivity (Wildman–Crippen MR) is 84.3 cm³/mol. The van der Waals surface area contributed by atoms with E-state index in [-0.39, 0.29) is 13.0 Å². The molecule has 1 rings (SSSR count). The van der Waals surface area contributed by atoms with Gasteiger partial charge in [-0.1, -0.05) is 20.8 Å². The standard InChI is InChI=1S/C17H22F3NO4/c1-9(7-21-16(25)15(24)17(2,3)8-22)4-14(23)10-5-12(19)13(20)6-11(10)18/h5-6,9,15,22,24H,4,7-8H2,1-3H3,(H,21,25)/t9-,15+/m1/s1. The second-order valence-corrected chi connectivity index (χ2v) is 6.77. The van der Waals surface area contributed by atoms with E-state index in [4.69, 9.17) is 5.11 Å². The molecule has 1 amide bonds. The van der Waals surface area contributed by atoms with E-state index in [9.17, 15) is 27.9 Å². The Kier molecular flexibility index (Phi) is 7.13. The average molecular weight is 361 g/mol. The Morgan fingerprint density at radius 3 is 2.28 bits per heavy atom. The van der Waals surface area contributed by atoms with Crippen molar-refractivity contribution in [2.75, 3.05) is 13.2 Å². The third-order valence-electron chi connectivity index (χ3n) is 3.87. The summed E-state index contributed by atoms with van der Waals surface area (Å²) in [6, 6.07) is 0.814. The minimum atomic E-state index is -1.44. The van der Waals surface area contributed by atoms with Gasteiger partial charge in [-0.2, -0.15) is 0 Å². The molecule has 8 heteroatoms. The lowest BCUT2D eigenvalue weighted by atomic mass is 9.87. The minimum absolute atomic E-state index is 0.00837. The number of carbonyl (C=O) groups excluding carboxylic acids is 2. The van der Waals surface area contributed by atoms with Crippen LogP contribution in [0.25, 0.3) is 0 Å². The first kappa shape index (κ1) is 21.1. The number of amides is 1. The number of carbonyl (C=O) groups is 2. The molecule has 2 atom stereocenters. The second kappa shape index (κ2) is 8.44. The summed E-state index contributed by atoms with van der Waals surface area (Å²) in [5.74, 6) is -5.73. The largest absolute Gasteiger partial charge is 0.396 e. The molecule has 1 aromatic rings. The zero-order valence-electron chi connectivity index (χ0n) is 14.3. The van der Waals surface area contributed by atoms with Gasteiger partial charge in [0.25, 0.3) is 0 Å². The molecule has 0 unspecified atom stereocenters. The molecule has 5 nitrogen and oxygen atoms in total. The Labute approximate surface area is 143 Å². The van der Waals surface area contributed by atoms with Gasteiger partial charge in [0, 0.05) is 24.4 Å². The molecule has 1 aromatic carbocycles. The van der Waals surface area contributed by atoms with Gasteiger partial charge in [-0.25, -0.2) is 13.2 Å². The summed E-state index contributed by atoms with van der Waals surface area (Å²) in [5.41, 5.74) is -1.59. The van der Waals surface area contributed by atoms with Crippen molar-refractivity contribution in [3.63, 3.8) is 0 Å². The highest BCUT2D eigenvalue weighted by Gasteiger charge is 2.33. The molecule has 0 bridgehead atoms. The number of aliphatic hydroxyl groups excluding tert-OH is 2. The van der Waals surface area contributed by atoms with Crippen LogP contribution in [0.15, 0.2) is 12.1 Å². The number of benzene rings is 1. The van der Waals surface area contributed by atoms with E-state index in [2.05, 4.69) is 5.32 Å². The molecule has 3 N–H and O–H groups in total. The van der Waals surface area contributed by atoms with Crippen LogP contribution in [-0.2, 0) is 4.79 Å². The summed E-state index contributed by atoms with van der Waals surface area (Å²) < 4.78 is 39.6. The topological polar surface area (TPSA) is 86.6 Å². The second-order valence-electron chi connectivity index (χ2n) is 6.77. The molecule has 0 saturated heterocycles. The third kappa shape index (κ3) is 5.54. The van der Waals surface area contributed by atoms with Crippen molar-refractivity contribution < 1.29 is 33.0 Å². The highest BCUT2D eigenvalue weighted by atomic mass is 19.2. The minimum Gasteiger partial charge on any atom is -0.396 e. The van der Waals surface area contributed by atoms with Crippen LogP contribution in [0, 0.1) is 28.8 Å². The van der Waals surface area contributed by atoms with Crippen LogP contribution in [0.1, 0.15) is 37.6 Å². The zero-order chi connectivity index (χ0) is 19.4. The first-order valence-electron chi connectivity index (χ1n) is 7.74. The van der Waals surface area contributed by atoms with Crippen molar-refractivity contribution in [2.45, 2.75) is 33.3 Å². The van der Waals surface area contributed by atoms with E-state index in [0.717, 1.165) is 0 Å². The van der Waals surface area contributed by atoms with Gasteiger partial charge in [0.05, 0.1) is 12.2 Å². The lowest BCUT2D eigenvalue weighted by Crippen LogP contribution is -2.46. The number of hydrogen-bond donors (Lipinski definition) is 3. The monoisotopic (exact) mass is 361 g/mol. The van der Waals surface area contributed by atoms with Crippen LogP contribution in [0.4, 0.5) is 13.2 Å². The molecular formula is C17H22F3NO4. The van der Waals surface area contributed by atoms with Gasteiger partial charge in [0.1, 0.15) is 11.9 Å². The third-order valence-corrected chi connectivity index (χ3v) is 3.87. The van der Waals surface area contributed by atoms with Crippen molar-refractivity contribution in [1.82, 2.24) is 5.32 Å². The van der Waals surface area contributed by atoms with Crippen molar-refractivity contribution in [3.05, 3.63) is 35.1 Å². The number of aliphatic hydroxyl groups is 2. The molecule has 25 heavy (non-hydrogen) atoms. The molecule has 0 heterocycles. The fourth-order valence-corrected chi connectivity index (χ4v) is 2.05. The number of halogens is 3. The van der Waals surface area contributed by atoms with Gasteiger partial charge < -0.3 is 15.5 Å². The van der Waals surface area contributed by atoms with E-state index in [0.29, 0.717) is 12.1 Å². The first-order chi connectivity index (χ1) is 11.5. The van der Waals surface area contributed by atoms with Crippen molar-refractivity contribution >= 4 is 11.7 Å². The van der Waals surface area contributed by atoms with Gasteiger partial charge in [-0.15, -0.1) is 0 Å². The summed E-state index contributed by atoms with van der Waals surface area (Å²) in [5, 5.41) is 21.4. The van der Waals surface area contributed by atoms with E-state index >= 15 is 0 Å². The Balaban J connectivity index is 2.63. The van der Waals surface area contributed by atoms with Crippen LogP contribution < -0.4 is 5.32 Å². The SMILES string of the molecule is C[C@@H](CNC(=O)[C@H](O)C(C)(C)CO)CC(=O)c1cc(F)c(F)cc1F. The maximum atomic E-state index is 13.6. The summed E-state index contributed by atoms with van der Waals surface area (Å²) in [4.78, 5) is 23.8. The van der Waals surface area contributed by atoms with Crippen LogP contribution in [0.5, 0.6) is 0 Å². The Morgan fingerprint density at radius 2 is 1.72 bits per heavy atom. The maximum absolute atomic E-state index is 13.6. The number of rotatable bonds is 8. The van der Waals surface area contributed by atoms with Crippen LogP contribution >= 0.6 is 0 Å². The van der Waals surface area contributed by atoms with E-state index in [1.165, 1.54) is 13.8 Å². The van der Waals surface area contributed by atoms with Gasteiger partial charge in [-0.3, -0.25) is 9.59 Å². The fourth-order valence-electron chi connectivity index (χ4n) is 2.05. The Bertz CT molecular complexity index is 649. The smallest absolute Gasteiger partial charge is 0.249 e. The molecule has 0 aromatic heterocycles. The molecule has 0 fully saturated rings. The number of hydrogen-bond acceptors (Lipinski definition) is 4. The van der Waals surface area contributed by atoms with E-state index in [1.807, 2.05) is 0 Å². The molecule has 0 radical (unpaired) electrons. The number of nitrogens with one attached hydrogen (secondary N) is 1. The molecule has 0 saturated carbocycles. The van der Waals surface area contributed by atoms with Crippen LogP contribution in [0.2, 0.25) is 0 Å². The van der Waals surface area contributed by atoms with E-state index < -0.39 is 58.7 Å². The Hall–Kier alpha value is -1.93. The van der Waals surface area contributed by atoms with Crippen LogP contribution in [0.3, 0.4) is 0 Å². The average Bonchev–Trinajstić information content (AvgIpc) is 2.54. The first-order valence-corrected chi connectivity index (χ1v) is 7.74. The van der Waals surface area contributed by atoms with Gasteiger partial charge in [-0.05, 0) is 12.0 Å². The van der Waals surface area contributed by atoms with Crippen molar-refractivity contribution in [2.24, 2.45) is 11.3 Å². The normalized spacial score (nSPS) is 14.1. The van der Waals surface area contributed by atoms with Gasteiger partial charge in [0.15, 0.2) is 17.4 Å². The number of ketones is 1. The number of Topliss-reactive ketones (excluding diaryl/α,β-unsaturated/α-hetero) is 1.